The van der Waals surface area contributed by atoms with Crippen molar-refractivity contribution in [2.75, 3.05) is 17.3 Å². The second-order valence-corrected chi connectivity index (χ2v) is 9.45. The maximum Gasteiger partial charge on any atom is 0.267 e. The largest absolute Gasteiger partial charge is 0.267 e. The zero-order chi connectivity index (χ0) is 15.1. The van der Waals surface area contributed by atoms with Crippen LogP contribution in [0.25, 0.3) is 0 Å². The Balaban J connectivity index is 2.16. The van der Waals surface area contributed by atoms with Crippen LogP contribution >= 0.6 is 0 Å². The predicted molar refractivity (Wildman–Crippen MR) is 79.9 cm³/mol. The third-order valence-corrected chi connectivity index (χ3v) is 6.56. The van der Waals surface area contributed by atoms with E-state index >= 15 is 0 Å². The van der Waals surface area contributed by atoms with Crippen LogP contribution in [0.2, 0.25) is 0 Å². The summed E-state index contributed by atoms with van der Waals surface area (Å²) in [4.78, 5) is 0. The van der Waals surface area contributed by atoms with Gasteiger partial charge in [0.1, 0.15) is 0 Å². The van der Waals surface area contributed by atoms with E-state index in [1.807, 2.05) is 0 Å². The van der Waals surface area contributed by atoms with Gasteiger partial charge in [0.05, 0.1) is 23.4 Å². The van der Waals surface area contributed by atoms with Crippen LogP contribution in [0.1, 0.15) is 58.3 Å². The maximum absolute atomic E-state index is 11.7. The van der Waals surface area contributed by atoms with Crippen molar-refractivity contribution < 1.29 is 21.0 Å². The maximum atomic E-state index is 11.7. The van der Waals surface area contributed by atoms with Crippen LogP contribution in [0.3, 0.4) is 0 Å². The Morgan fingerprint density at radius 1 is 1.05 bits per heavy atom. The summed E-state index contributed by atoms with van der Waals surface area (Å²) >= 11 is 0. The lowest BCUT2D eigenvalue weighted by atomic mass is 10.1. The van der Waals surface area contributed by atoms with Crippen molar-refractivity contribution in [3.8, 4) is 0 Å². The molecule has 1 rings (SSSR count). The molecule has 0 aromatic carbocycles. The van der Waals surface area contributed by atoms with Crippen molar-refractivity contribution in [1.29, 1.82) is 0 Å². The molecule has 0 saturated carbocycles. The van der Waals surface area contributed by atoms with Crippen LogP contribution in [-0.4, -0.2) is 40.2 Å². The first-order chi connectivity index (χ1) is 9.35. The lowest BCUT2D eigenvalue weighted by molar-refractivity contribution is 0.235. The van der Waals surface area contributed by atoms with Crippen molar-refractivity contribution in [1.82, 2.24) is 0 Å². The molecule has 0 bridgehead atoms. The zero-order valence-electron chi connectivity index (χ0n) is 12.2. The summed E-state index contributed by atoms with van der Waals surface area (Å²) in [6.45, 7) is 2.16. The molecule has 1 saturated heterocycles. The van der Waals surface area contributed by atoms with Crippen molar-refractivity contribution >= 4 is 20.0 Å². The first-order valence-corrected chi connectivity index (χ1v) is 10.9. The molecule has 1 heterocycles. The second-order valence-electron chi connectivity index (χ2n) is 5.50. The van der Waals surface area contributed by atoms with E-state index in [1.54, 1.807) is 0 Å². The normalized spacial score (nSPS) is 22.1. The van der Waals surface area contributed by atoms with Gasteiger partial charge in [-0.3, -0.25) is 4.18 Å². The SMILES string of the molecule is CCCCCCCCCS(=O)(=O)OC1CCS(=O)(=O)C1. The van der Waals surface area contributed by atoms with Crippen molar-refractivity contribution in [2.45, 2.75) is 64.4 Å². The minimum absolute atomic E-state index is 0.00265. The van der Waals surface area contributed by atoms with E-state index in [-0.39, 0.29) is 17.3 Å². The highest BCUT2D eigenvalue weighted by Gasteiger charge is 2.31. The summed E-state index contributed by atoms with van der Waals surface area (Å²) in [5.74, 6) is -0.134. The van der Waals surface area contributed by atoms with Gasteiger partial charge in [-0.15, -0.1) is 0 Å². The minimum atomic E-state index is -3.58. The van der Waals surface area contributed by atoms with Gasteiger partial charge in [0, 0.05) is 0 Å². The Kier molecular flexibility index (Phi) is 7.47. The molecule has 1 fully saturated rings. The van der Waals surface area contributed by atoms with Gasteiger partial charge >= 0.3 is 0 Å². The molecular formula is C13H26O5S2. The molecule has 0 spiro atoms. The van der Waals surface area contributed by atoms with E-state index in [2.05, 4.69) is 6.92 Å². The molecule has 0 N–H and O–H groups in total. The zero-order valence-corrected chi connectivity index (χ0v) is 13.8. The predicted octanol–water partition coefficient (Wildman–Crippen LogP) is 2.27. The van der Waals surface area contributed by atoms with Crippen LogP contribution < -0.4 is 0 Å². The third kappa shape index (κ3) is 7.59. The molecule has 0 aromatic rings. The number of rotatable bonds is 10. The van der Waals surface area contributed by atoms with Crippen LogP contribution in [-0.2, 0) is 24.1 Å². The fourth-order valence-corrected chi connectivity index (χ4v) is 5.24. The van der Waals surface area contributed by atoms with Crippen LogP contribution in [0.4, 0.5) is 0 Å². The van der Waals surface area contributed by atoms with Gasteiger partial charge in [0.15, 0.2) is 9.84 Å². The number of unbranched alkanes of at least 4 members (excludes halogenated alkanes) is 6. The topological polar surface area (TPSA) is 77.5 Å². The summed E-state index contributed by atoms with van der Waals surface area (Å²) in [7, 11) is -6.67. The molecular weight excluding hydrogens is 300 g/mol. The molecule has 0 aromatic heterocycles. The van der Waals surface area contributed by atoms with Crippen molar-refractivity contribution in [3.63, 3.8) is 0 Å². The Morgan fingerprint density at radius 3 is 2.20 bits per heavy atom. The first kappa shape index (κ1) is 17.9. The summed E-state index contributed by atoms with van der Waals surface area (Å²) in [6.07, 6.45) is 6.93. The second kappa shape index (κ2) is 8.34. The monoisotopic (exact) mass is 326 g/mol. The fraction of sp³-hybridized carbons (Fsp3) is 1.00. The van der Waals surface area contributed by atoms with Gasteiger partial charge in [-0.1, -0.05) is 45.4 Å². The lowest BCUT2D eigenvalue weighted by Crippen LogP contribution is -2.21. The first-order valence-electron chi connectivity index (χ1n) is 7.46. The van der Waals surface area contributed by atoms with E-state index in [0.717, 1.165) is 19.3 Å². The Labute approximate surface area is 123 Å². The molecule has 0 aliphatic carbocycles. The molecule has 5 nitrogen and oxygen atoms in total. The van der Waals surface area contributed by atoms with E-state index in [0.29, 0.717) is 12.8 Å². The highest BCUT2D eigenvalue weighted by Crippen LogP contribution is 2.18. The van der Waals surface area contributed by atoms with E-state index in [9.17, 15) is 16.8 Å². The number of hydrogen-bond donors (Lipinski definition) is 0. The summed E-state index contributed by atoms with van der Waals surface area (Å²) < 4.78 is 50.9. The summed E-state index contributed by atoms with van der Waals surface area (Å²) in [5.41, 5.74) is 0. The van der Waals surface area contributed by atoms with Gasteiger partial charge < -0.3 is 0 Å². The minimum Gasteiger partial charge on any atom is -0.266 e. The molecule has 20 heavy (non-hydrogen) atoms. The van der Waals surface area contributed by atoms with Crippen molar-refractivity contribution in [2.24, 2.45) is 0 Å². The highest BCUT2D eigenvalue weighted by atomic mass is 32.2. The Morgan fingerprint density at radius 2 is 1.65 bits per heavy atom. The van der Waals surface area contributed by atoms with Crippen LogP contribution in [0.5, 0.6) is 0 Å². The van der Waals surface area contributed by atoms with Crippen molar-refractivity contribution in [3.05, 3.63) is 0 Å². The lowest BCUT2D eigenvalue weighted by Gasteiger charge is -2.10. The molecule has 0 radical (unpaired) electrons. The van der Waals surface area contributed by atoms with E-state index < -0.39 is 26.1 Å². The third-order valence-electron chi connectivity index (χ3n) is 3.47. The molecule has 120 valence electrons. The number of sulfone groups is 1. The average Bonchev–Trinajstić information content (AvgIpc) is 2.66. The molecule has 7 heteroatoms. The highest BCUT2D eigenvalue weighted by molar-refractivity contribution is 7.91. The van der Waals surface area contributed by atoms with Gasteiger partial charge in [-0.05, 0) is 12.8 Å². The Bertz CT molecular complexity index is 467. The van der Waals surface area contributed by atoms with Crippen LogP contribution in [0.15, 0.2) is 0 Å². The standard InChI is InChI=1S/C13H26O5S2/c1-2-3-4-5-6-7-8-10-20(16,17)18-13-9-11-19(14,15)12-13/h13H,2-12H2,1H3. The molecule has 1 aliphatic rings. The summed E-state index contributed by atoms with van der Waals surface area (Å²) in [6, 6.07) is 0. The van der Waals surface area contributed by atoms with Crippen LogP contribution in [0, 0.1) is 0 Å². The Hall–Kier alpha value is -0.140. The van der Waals surface area contributed by atoms with Gasteiger partial charge in [0.2, 0.25) is 0 Å². The molecule has 0 amide bonds. The summed E-state index contributed by atoms with van der Waals surface area (Å²) in [5, 5.41) is 0. The molecule has 1 atom stereocenters. The average molecular weight is 326 g/mol. The van der Waals surface area contributed by atoms with E-state index in [4.69, 9.17) is 4.18 Å². The van der Waals surface area contributed by atoms with Gasteiger partial charge in [0.25, 0.3) is 10.1 Å². The van der Waals surface area contributed by atoms with Gasteiger partial charge in [-0.25, -0.2) is 8.42 Å². The quantitative estimate of drug-likeness (QED) is 0.454. The molecule has 1 aliphatic heterocycles. The van der Waals surface area contributed by atoms with Gasteiger partial charge in [-0.2, -0.15) is 8.42 Å². The number of hydrogen-bond acceptors (Lipinski definition) is 5. The molecule has 1 unspecified atom stereocenters. The fourth-order valence-electron chi connectivity index (χ4n) is 2.33. The smallest absolute Gasteiger partial charge is 0.266 e. The van der Waals surface area contributed by atoms with E-state index in [1.165, 1.54) is 19.3 Å².